The molecule has 0 fully saturated rings. The maximum Gasteiger partial charge on any atom is 0.0524 e. The molecule has 0 spiro atoms. The first-order chi connectivity index (χ1) is 42.7. The summed E-state index contributed by atoms with van der Waals surface area (Å²) in [7, 11) is 0. The summed E-state index contributed by atoms with van der Waals surface area (Å²) in [5.41, 5.74) is 12.3. The van der Waals surface area contributed by atoms with E-state index in [1.54, 1.807) is 367 Å². The van der Waals surface area contributed by atoms with Crippen LogP contribution >= 0.6 is 31.9 Å². The first kappa shape index (κ1) is 33.9. The van der Waals surface area contributed by atoms with Crippen LogP contribution in [0.3, 0.4) is 0 Å². The molecule has 362 valence electrons. The molecule has 5 aliphatic carbocycles. The lowest BCUT2D eigenvalue weighted by Gasteiger charge is -2.49. The third-order valence-corrected chi connectivity index (χ3v) is 31.7. The molecule has 5 aliphatic rings. The van der Waals surface area contributed by atoms with Gasteiger partial charge in [-0.25, -0.2) is 0 Å². The number of benzene rings is 24. The topological polar surface area (TPSA) is 0 Å². The number of hydrogen-bond donors (Lipinski definition) is 0. The van der Waals surface area contributed by atoms with Crippen LogP contribution in [0.2, 0.25) is 0 Å². The van der Waals surface area contributed by atoms with Crippen molar-refractivity contribution in [2.45, 2.75) is 23.7 Å². The molecule has 0 saturated heterocycles. The van der Waals surface area contributed by atoms with Gasteiger partial charge in [-0.15, -0.1) is 0 Å². The third-order valence-electron chi connectivity index (χ3n) is 30.1. The van der Waals surface area contributed by atoms with Gasteiger partial charge in [-0.3, -0.25) is 0 Å². The zero-order chi connectivity index (χ0) is 51.6. The minimum atomic E-state index is -0.448. The van der Waals surface area contributed by atoms with Crippen LogP contribution in [0.25, 0.3) is 334 Å². The maximum atomic E-state index is 4.40. The monoisotopic (exact) mass is 1180 g/mol. The number of hydrogen-bond acceptors (Lipinski definition) is 0. The van der Waals surface area contributed by atoms with Crippen molar-refractivity contribution < 1.29 is 0 Å². The molecule has 39 rings (SSSR count). The van der Waals surface area contributed by atoms with E-state index in [4.69, 9.17) is 0 Å². The van der Waals surface area contributed by atoms with E-state index in [0.717, 1.165) is 12.8 Å². The molecule has 34 aromatic carbocycles. The third kappa shape index (κ3) is 1.95. The molecule has 0 radical (unpaired) electrons. The molecular formula is C84H12Br2. The first-order valence-corrected chi connectivity index (χ1v) is 33.3. The van der Waals surface area contributed by atoms with E-state index in [1.807, 2.05) is 0 Å². The van der Waals surface area contributed by atoms with Crippen LogP contribution in [0, 0.1) is 0 Å². The highest BCUT2D eigenvalue weighted by molar-refractivity contribution is 9.10. The van der Waals surface area contributed by atoms with E-state index in [2.05, 4.69) is 80.4 Å². The fourth-order valence-corrected chi connectivity index (χ4v) is 30.5. The molecule has 86 heavy (non-hydrogen) atoms. The second-order valence-corrected chi connectivity index (χ2v) is 32.6. The van der Waals surface area contributed by atoms with Crippen molar-refractivity contribution in [2.24, 2.45) is 0 Å². The highest BCUT2D eigenvalue weighted by Crippen LogP contribution is 2.85. The van der Waals surface area contributed by atoms with Gasteiger partial charge >= 0.3 is 0 Å². The van der Waals surface area contributed by atoms with Crippen molar-refractivity contribution in [3.63, 3.8) is 0 Å². The van der Waals surface area contributed by atoms with Crippen molar-refractivity contribution in [3.05, 3.63) is 102 Å². The summed E-state index contributed by atoms with van der Waals surface area (Å²) in [5.74, 6) is 0. The van der Waals surface area contributed by atoms with Gasteiger partial charge in [0.05, 0.1) is 10.8 Å². The lowest BCUT2D eigenvalue weighted by atomic mass is 9.51. The molecule has 0 unspecified atom stereocenters. The fraction of sp³-hybridized carbons (Fsp3) is 0.0476. The Bertz CT molecular complexity index is 9410. The standard InChI is InChI=1S/C84H12Br2/c85-13-7-3-1-5-11(13)9-83-77-69-60-49-41-29-22-16-15-18-23-26(22)37-39-30(23)33-31-24(18)25-19(15)21-20-17(16)27(29)34-36-28(20)35-32(21)40-38(25)44-42(31)51-53-45(33)52-50(39)62(58(60)43(37)41)73(77)75-64(52)65(53)76-74-63(51)59(44)61-54(40)57-48(35)56-47(36)55(46(34)49)66(69)71-68(56)72-67(57)70(61)78(74)84(80(72)79(71)83,82(76)81(75)83)10-12-6-2-4-8-14(12)86/h1-8H,9-10H2/t83-,84+/m1/s1. The van der Waals surface area contributed by atoms with Gasteiger partial charge in [-0.1, -0.05) is 68.3 Å². The van der Waals surface area contributed by atoms with Crippen molar-refractivity contribution in [3.8, 4) is 0 Å². The summed E-state index contributed by atoms with van der Waals surface area (Å²) in [6.07, 6.45) is 1.88. The first-order valence-electron chi connectivity index (χ1n) is 31.7. The predicted octanol–water partition coefficient (Wildman–Crippen LogP) is 23.9. The summed E-state index contributed by atoms with van der Waals surface area (Å²) in [6.45, 7) is 0. The normalized spacial score (nSPS) is 20.6. The lowest BCUT2D eigenvalue weighted by Crippen LogP contribution is -2.45. The summed E-state index contributed by atoms with van der Waals surface area (Å²) in [6, 6.07) is 19.1. The zero-order valence-corrected chi connectivity index (χ0v) is 47.0. The Morgan fingerprint density at radius 3 is 0.477 bits per heavy atom. The summed E-state index contributed by atoms with van der Waals surface area (Å²) >= 11 is 8.78. The second kappa shape index (κ2) is 8.04. The van der Waals surface area contributed by atoms with Gasteiger partial charge in [0.2, 0.25) is 0 Å². The average molecular weight is 1180 g/mol. The van der Waals surface area contributed by atoms with E-state index >= 15 is 0 Å². The molecule has 0 nitrogen and oxygen atoms in total. The summed E-state index contributed by atoms with van der Waals surface area (Å²) in [5, 5.41) is 102. The Labute approximate surface area is 487 Å². The molecule has 0 aliphatic heterocycles. The van der Waals surface area contributed by atoms with Gasteiger partial charge in [0.15, 0.2) is 0 Å². The maximum absolute atomic E-state index is 4.40. The smallest absolute Gasteiger partial charge is 0.0524 e. The summed E-state index contributed by atoms with van der Waals surface area (Å²) in [4.78, 5) is 0. The van der Waals surface area contributed by atoms with E-state index in [9.17, 15) is 0 Å². The quantitative estimate of drug-likeness (QED) is 0.122. The van der Waals surface area contributed by atoms with Gasteiger partial charge < -0.3 is 0 Å². The Morgan fingerprint density at radius 2 is 0.291 bits per heavy atom. The molecule has 0 aromatic heterocycles. The van der Waals surface area contributed by atoms with Crippen LogP contribution in [0.4, 0.5) is 0 Å². The highest BCUT2D eigenvalue weighted by Gasteiger charge is 2.66. The van der Waals surface area contributed by atoms with Crippen LogP contribution < -0.4 is 0 Å². The molecule has 2 atom stereocenters. The van der Waals surface area contributed by atoms with Crippen LogP contribution in [0.15, 0.2) is 57.5 Å². The Balaban J connectivity index is 1.07. The number of halogens is 2. The van der Waals surface area contributed by atoms with E-state index < -0.39 is 10.8 Å². The van der Waals surface area contributed by atoms with E-state index in [1.165, 1.54) is 20.1 Å². The van der Waals surface area contributed by atoms with Gasteiger partial charge in [-0.2, -0.15) is 0 Å². The highest BCUT2D eigenvalue weighted by atomic mass is 79.9. The largest absolute Gasteiger partial charge is 0.0619 e. The minimum Gasteiger partial charge on any atom is -0.0619 e. The predicted molar refractivity (Wildman–Crippen MR) is 371 cm³/mol. The molecule has 0 bridgehead atoms. The molecule has 34 aromatic rings. The van der Waals surface area contributed by atoms with Gasteiger partial charge in [0.1, 0.15) is 0 Å². The molecule has 2 heteroatoms. The van der Waals surface area contributed by atoms with Gasteiger partial charge in [0.25, 0.3) is 0 Å². The summed E-state index contributed by atoms with van der Waals surface area (Å²) < 4.78 is 2.51. The average Bonchev–Trinajstić information content (AvgIpc) is 1.39. The SMILES string of the molecule is Brc1ccccc1C[C@@]12c3c4c5c6c3c3c7c1c1c8c2c2c9c%10c(c%11c5c5c%12c6c6c3c3c7c7c1c1c%13c8c9c8c9c%10c%10c%11c%11c5c5c%12c%12c6c6c3c3c7c1c1c(c8%13)c7c9c8c%10c%11c9c5c5c%12c6c6c3c1c1c7c8c9c5c61)[C@]42Cc1ccccc1Br. The Morgan fingerprint density at radius 1 is 0.163 bits per heavy atom. The zero-order valence-electron chi connectivity index (χ0n) is 43.8. The fourth-order valence-electron chi connectivity index (χ4n) is 29.7. The van der Waals surface area contributed by atoms with Crippen molar-refractivity contribution in [2.75, 3.05) is 0 Å². The molecule has 0 N–H and O–H groups in total. The molecule has 0 saturated carbocycles. The van der Waals surface area contributed by atoms with E-state index in [0.29, 0.717) is 0 Å². The molecular weight excluding hydrogens is 1170 g/mol. The van der Waals surface area contributed by atoms with Crippen molar-refractivity contribution in [1.29, 1.82) is 0 Å². The van der Waals surface area contributed by atoms with Crippen LogP contribution in [-0.4, -0.2) is 0 Å². The van der Waals surface area contributed by atoms with Crippen LogP contribution in [-0.2, 0) is 23.7 Å². The minimum absolute atomic E-state index is 0.432. The second-order valence-electron chi connectivity index (χ2n) is 30.8. The van der Waals surface area contributed by atoms with Gasteiger partial charge in [0, 0.05) is 8.95 Å². The molecule has 0 heterocycles. The van der Waals surface area contributed by atoms with Crippen LogP contribution in [0.1, 0.15) is 44.5 Å². The van der Waals surface area contributed by atoms with E-state index in [-0.39, 0.29) is 0 Å². The van der Waals surface area contributed by atoms with Gasteiger partial charge in [-0.05, 0) is 403 Å². The van der Waals surface area contributed by atoms with Crippen LogP contribution in [0.5, 0.6) is 0 Å². The number of rotatable bonds is 4. The van der Waals surface area contributed by atoms with Crippen molar-refractivity contribution in [1.82, 2.24) is 0 Å². The molecule has 0 amide bonds. The Kier molecular flexibility index (Phi) is 3.17. The lowest BCUT2D eigenvalue weighted by molar-refractivity contribution is 0.537. The Hall–Kier alpha value is -9.44. The van der Waals surface area contributed by atoms with Crippen molar-refractivity contribution >= 4 is 366 Å².